The number of ether oxygens (including phenoxy) is 1. The molecule has 3 saturated heterocycles. The number of amides is 2. The lowest BCUT2D eigenvalue weighted by atomic mass is 10.0. The topological polar surface area (TPSA) is 80.0 Å². The summed E-state index contributed by atoms with van der Waals surface area (Å²) in [6.45, 7) is 1.02. The van der Waals surface area contributed by atoms with Crippen molar-refractivity contribution in [2.45, 2.75) is 30.7 Å². The highest BCUT2D eigenvalue weighted by atomic mass is 16.5. The highest BCUT2D eigenvalue weighted by Crippen LogP contribution is 2.51. The minimum Gasteiger partial charge on any atom is -0.351 e. The number of nitrogens with zero attached hydrogens (tertiary/aromatic N) is 5. The summed E-state index contributed by atoms with van der Waals surface area (Å²) in [6.07, 6.45) is 4.11. The molecule has 8 heteroatoms. The van der Waals surface area contributed by atoms with Crippen LogP contribution in [-0.4, -0.2) is 61.1 Å². The first-order chi connectivity index (χ1) is 14.2. The fourth-order valence-electron chi connectivity index (χ4n) is 5.12. The van der Waals surface area contributed by atoms with Gasteiger partial charge in [0, 0.05) is 24.7 Å². The first kappa shape index (κ1) is 16.7. The minimum absolute atomic E-state index is 0.0479. The Labute approximate surface area is 166 Å². The van der Waals surface area contributed by atoms with Crippen LogP contribution in [0, 0.1) is 0 Å². The predicted octanol–water partition coefficient (Wildman–Crippen LogP) is 1.64. The number of fused-ring (bicyclic) bond motifs is 1. The van der Waals surface area contributed by atoms with Gasteiger partial charge in [0.2, 0.25) is 5.91 Å². The third kappa shape index (κ3) is 2.23. The summed E-state index contributed by atoms with van der Waals surface area (Å²) in [6, 6.07) is 13.1. The second-order valence-electron chi connectivity index (χ2n) is 7.79. The fourth-order valence-corrected chi connectivity index (χ4v) is 5.12. The molecule has 0 radical (unpaired) electrons. The lowest BCUT2D eigenvalue weighted by molar-refractivity contribution is -0.138. The maximum absolute atomic E-state index is 13.3. The second-order valence-corrected chi connectivity index (χ2v) is 7.79. The second kappa shape index (κ2) is 5.87. The van der Waals surface area contributed by atoms with Crippen LogP contribution in [0.5, 0.6) is 0 Å². The number of benzene rings is 1. The molecule has 3 fully saturated rings. The van der Waals surface area contributed by atoms with Crippen LogP contribution in [0.4, 0.5) is 0 Å². The Bertz CT molecular complexity index is 1130. The third-order valence-corrected chi connectivity index (χ3v) is 6.43. The molecule has 0 bridgehead atoms. The van der Waals surface area contributed by atoms with E-state index in [0.717, 1.165) is 5.56 Å². The molecule has 2 amide bonds. The number of carbonyl (C=O) groups excluding carboxylic acids is 2. The number of aromatic nitrogens is 3. The number of hydrogen-bond donors (Lipinski definition) is 0. The summed E-state index contributed by atoms with van der Waals surface area (Å²) in [5, 5.41) is 4.07. The van der Waals surface area contributed by atoms with Gasteiger partial charge in [0.1, 0.15) is 6.33 Å². The summed E-state index contributed by atoms with van der Waals surface area (Å²) in [5.74, 6) is -0.0504. The van der Waals surface area contributed by atoms with Gasteiger partial charge < -0.3 is 14.5 Å². The molecule has 2 aromatic heterocycles. The molecule has 0 unspecified atom stereocenters. The van der Waals surface area contributed by atoms with Gasteiger partial charge in [0.25, 0.3) is 5.91 Å². The van der Waals surface area contributed by atoms with Gasteiger partial charge in [-0.15, -0.1) is 0 Å². The zero-order valence-electron chi connectivity index (χ0n) is 15.6. The van der Waals surface area contributed by atoms with E-state index in [1.807, 2.05) is 35.2 Å². The van der Waals surface area contributed by atoms with Crippen molar-refractivity contribution in [3.05, 3.63) is 66.1 Å². The van der Waals surface area contributed by atoms with E-state index < -0.39 is 5.72 Å². The van der Waals surface area contributed by atoms with E-state index in [1.165, 1.54) is 6.33 Å². The Morgan fingerprint density at radius 1 is 1.21 bits per heavy atom. The smallest absolute Gasteiger partial charge is 0.254 e. The van der Waals surface area contributed by atoms with Crippen LogP contribution in [-0.2, 0) is 9.53 Å². The Kier molecular flexibility index (Phi) is 3.37. The number of carbonyl (C=O) groups is 2. The Hall–Kier alpha value is -3.26. The lowest BCUT2D eigenvalue weighted by Crippen LogP contribution is -2.49. The molecule has 0 N–H and O–H groups in total. The van der Waals surface area contributed by atoms with E-state index in [9.17, 15) is 9.59 Å². The quantitative estimate of drug-likeness (QED) is 0.666. The van der Waals surface area contributed by atoms with Crippen LogP contribution in [0.1, 0.15) is 34.8 Å². The highest BCUT2D eigenvalue weighted by molar-refractivity contribution is 5.96. The van der Waals surface area contributed by atoms with Crippen LogP contribution in [0.25, 0.3) is 5.65 Å². The van der Waals surface area contributed by atoms with Crippen LogP contribution >= 0.6 is 0 Å². The van der Waals surface area contributed by atoms with Crippen molar-refractivity contribution in [1.29, 1.82) is 0 Å². The van der Waals surface area contributed by atoms with E-state index in [2.05, 4.69) is 10.1 Å². The van der Waals surface area contributed by atoms with E-state index in [4.69, 9.17) is 4.74 Å². The fraction of sp³-hybridized carbons (Fsp3) is 0.333. The van der Waals surface area contributed by atoms with Gasteiger partial charge in [0.15, 0.2) is 11.4 Å². The van der Waals surface area contributed by atoms with Gasteiger partial charge in [-0.05, 0) is 17.7 Å². The maximum atomic E-state index is 13.3. The molecule has 0 aliphatic carbocycles. The first-order valence-electron chi connectivity index (χ1n) is 9.79. The van der Waals surface area contributed by atoms with Crippen LogP contribution in [0.3, 0.4) is 0 Å². The summed E-state index contributed by atoms with van der Waals surface area (Å²) < 4.78 is 7.90. The number of rotatable bonds is 2. The average molecular weight is 389 g/mol. The summed E-state index contributed by atoms with van der Waals surface area (Å²) >= 11 is 0. The predicted molar refractivity (Wildman–Crippen MR) is 102 cm³/mol. The molecule has 5 heterocycles. The lowest BCUT2D eigenvalue weighted by Gasteiger charge is -2.33. The van der Waals surface area contributed by atoms with Crippen molar-refractivity contribution >= 4 is 17.5 Å². The molecule has 1 spiro atoms. The van der Waals surface area contributed by atoms with Crippen molar-refractivity contribution in [1.82, 2.24) is 24.4 Å². The Balaban J connectivity index is 1.33. The molecule has 8 nitrogen and oxygen atoms in total. The number of pyridine rings is 1. The van der Waals surface area contributed by atoms with Gasteiger partial charge in [-0.2, -0.15) is 5.10 Å². The Morgan fingerprint density at radius 2 is 2.07 bits per heavy atom. The molecule has 6 rings (SSSR count). The van der Waals surface area contributed by atoms with Gasteiger partial charge in [-0.3, -0.25) is 9.59 Å². The SMILES string of the molecule is O=C(c1ccn2ncnc2c1)N1CC[C@@]23OC[C@@H](c4ccccc4)N2C(=O)C[C@@H]13. The molecule has 146 valence electrons. The maximum Gasteiger partial charge on any atom is 0.254 e. The van der Waals surface area contributed by atoms with Gasteiger partial charge in [-0.25, -0.2) is 9.50 Å². The van der Waals surface area contributed by atoms with E-state index in [1.54, 1.807) is 27.7 Å². The molecule has 3 aliphatic rings. The molecular weight excluding hydrogens is 370 g/mol. The molecule has 1 aromatic carbocycles. The standard InChI is InChI=1S/C21H19N5O3/c27-19-11-17-21(26(19)16(12-29-21)14-4-2-1-3-5-14)7-9-24(17)20(28)15-6-8-25-18(10-15)22-13-23-25/h1-6,8,10,13,16-17H,7,9,11-12H2/t16-,17+,21-/m0/s1. The molecule has 29 heavy (non-hydrogen) atoms. The molecule has 3 atom stereocenters. The van der Waals surface area contributed by atoms with E-state index in [0.29, 0.717) is 37.2 Å². The monoisotopic (exact) mass is 389 g/mol. The summed E-state index contributed by atoms with van der Waals surface area (Å²) in [4.78, 5) is 34.1. The van der Waals surface area contributed by atoms with Crippen molar-refractivity contribution in [2.75, 3.05) is 13.2 Å². The number of hydrogen-bond acceptors (Lipinski definition) is 5. The molecule has 3 aromatic rings. The summed E-state index contributed by atoms with van der Waals surface area (Å²) in [7, 11) is 0. The number of likely N-dealkylation sites (tertiary alicyclic amines) is 1. The third-order valence-electron chi connectivity index (χ3n) is 6.43. The Morgan fingerprint density at radius 3 is 2.93 bits per heavy atom. The summed E-state index contributed by atoms with van der Waals surface area (Å²) in [5.41, 5.74) is 1.52. The van der Waals surface area contributed by atoms with Crippen molar-refractivity contribution in [3.8, 4) is 0 Å². The van der Waals surface area contributed by atoms with Crippen molar-refractivity contribution < 1.29 is 14.3 Å². The van der Waals surface area contributed by atoms with E-state index >= 15 is 0 Å². The van der Waals surface area contributed by atoms with Crippen molar-refractivity contribution in [2.24, 2.45) is 0 Å². The van der Waals surface area contributed by atoms with E-state index in [-0.39, 0.29) is 23.9 Å². The molecule has 0 saturated carbocycles. The molecule has 3 aliphatic heterocycles. The highest BCUT2D eigenvalue weighted by Gasteiger charge is 2.65. The zero-order valence-corrected chi connectivity index (χ0v) is 15.6. The van der Waals surface area contributed by atoms with Gasteiger partial charge >= 0.3 is 0 Å². The average Bonchev–Trinajstić information content (AvgIpc) is 3.49. The van der Waals surface area contributed by atoms with Crippen LogP contribution in [0.15, 0.2) is 55.0 Å². The zero-order chi connectivity index (χ0) is 19.6. The van der Waals surface area contributed by atoms with Crippen LogP contribution < -0.4 is 0 Å². The normalized spacial score (nSPS) is 28.2. The van der Waals surface area contributed by atoms with Gasteiger partial charge in [-0.1, -0.05) is 30.3 Å². The minimum atomic E-state index is -0.716. The first-order valence-corrected chi connectivity index (χ1v) is 9.79. The molecular formula is C21H19N5O3. The van der Waals surface area contributed by atoms with Crippen LogP contribution in [0.2, 0.25) is 0 Å². The van der Waals surface area contributed by atoms with Crippen molar-refractivity contribution in [3.63, 3.8) is 0 Å². The largest absolute Gasteiger partial charge is 0.351 e. The van der Waals surface area contributed by atoms with Gasteiger partial charge in [0.05, 0.1) is 25.1 Å².